The fraction of sp³-hybridized carbons (Fsp3) is 0.364. The molecule has 0 spiro atoms. The van der Waals surface area contributed by atoms with Crippen LogP contribution in [0.5, 0.6) is 0 Å². The van der Waals surface area contributed by atoms with Crippen LogP contribution >= 0.6 is 0 Å². The summed E-state index contributed by atoms with van der Waals surface area (Å²) >= 11 is 0. The molecule has 0 bridgehead atoms. The maximum absolute atomic E-state index is 13.3. The van der Waals surface area contributed by atoms with Gasteiger partial charge in [-0.15, -0.1) is 0 Å². The molecule has 1 aliphatic carbocycles. The molecule has 1 aromatic carbocycles. The lowest BCUT2D eigenvalue weighted by Gasteiger charge is -2.25. The van der Waals surface area contributed by atoms with Gasteiger partial charge in [-0.2, -0.15) is 0 Å². The molecule has 1 amide bonds. The zero-order valence-electron chi connectivity index (χ0n) is 15.7. The molecule has 1 saturated carbocycles. The van der Waals surface area contributed by atoms with E-state index in [1.165, 1.54) is 0 Å². The summed E-state index contributed by atoms with van der Waals surface area (Å²) in [4.78, 5) is 19.7. The summed E-state index contributed by atoms with van der Waals surface area (Å²) in [6.45, 7) is 8.25. The molecule has 4 heteroatoms. The number of anilines is 2. The number of hydrogen-bond acceptors (Lipinski definition) is 3. The smallest absolute Gasteiger partial charge is 0.259 e. The van der Waals surface area contributed by atoms with Crippen molar-refractivity contribution in [2.24, 2.45) is 0 Å². The van der Waals surface area contributed by atoms with E-state index in [-0.39, 0.29) is 11.9 Å². The van der Waals surface area contributed by atoms with Gasteiger partial charge < -0.3 is 5.73 Å². The first kappa shape index (κ1) is 18.2. The lowest BCUT2D eigenvalue weighted by atomic mass is 10.0. The van der Waals surface area contributed by atoms with E-state index in [0.29, 0.717) is 17.1 Å². The maximum Gasteiger partial charge on any atom is 0.259 e. The first-order chi connectivity index (χ1) is 12.5. The molecule has 1 aliphatic rings. The standard InChI is InChI=1S/C22H27N3O/c1-4-5-6-19-20(23)13-14-24-21(19)25(18-11-12-18)22(26)16(3)17-9-7-15(2)8-10-17/h7-10,13-14,18H,3-6,11-12H2,1-2H3,(H2,23,24). The van der Waals surface area contributed by atoms with Crippen molar-refractivity contribution < 1.29 is 4.79 Å². The van der Waals surface area contributed by atoms with Crippen molar-refractivity contribution in [2.75, 3.05) is 10.6 Å². The van der Waals surface area contributed by atoms with E-state index >= 15 is 0 Å². The molecule has 1 fully saturated rings. The van der Waals surface area contributed by atoms with E-state index in [1.54, 1.807) is 6.20 Å². The van der Waals surface area contributed by atoms with Crippen molar-refractivity contribution in [3.8, 4) is 0 Å². The number of carbonyl (C=O) groups is 1. The van der Waals surface area contributed by atoms with E-state index in [2.05, 4.69) is 18.5 Å². The predicted octanol–water partition coefficient (Wildman–Crippen LogP) is 4.52. The number of rotatable bonds is 7. The Labute approximate surface area is 155 Å². The third-order valence-corrected chi connectivity index (χ3v) is 4.87. The van der Waals surface area contributed by atoms with Gasteiger partial charge in [-0.05, 0) is 44.2 Å². The second-order valence-corrected chi connectivity index (χ2v) is 7.06. The number of hydrogen-bond donors (Lipinski definition) is 1. The molecular formula is C22H27N3O. The Kier molecular flexibility index (Phi) is 5.40. The Morgan fingerprint density at radius 1 is 1.27 bits per heavy atom. The van der Waals surface area contributed by atoms with Crippen LogP contribution in [0.1, 0.15) is 49.3 Å². The molecule has 136 valence electrons. The van der Waals surface area contributed by atoms with E-state index in [9.17, 15) is 4.79 Å². The Morgan fingerprint density at radius 3 is 2.58 bits per heavy atom. The van der Waals surface area contributed by atoms with Crippen LogP contribution in [-0.4, -0.2) is 16.9 Å². The first-order valence-corrected chi connectivity index (χ1v) is 9.35. The molecule has 0 atom stereocenters. The number of carbonyl (C=O) groups excluding carboxylic acids is 1. The molecule has 26 heavy (non-hydrogen) atoms. The van der Waals surface area contributed by atoms with E-state index in [1.807, 2.05) is 42.2 Å². The maximum atomic E-state index is 13.3. The SMILES string of the molecule is C=C(C(=O)N(c1nccc(N)c1CCCC)C1CC1)c1ccc(C)cc1. The monoisotopic (exact) mass is 349 g/mol. The minimum atomic E-state index is -0.0767. The number of unbranched alkanes of at least 4 members (excludes halogenated alkanes) is 1. The Balaban J connectivity index is 1.95. The van der Waals surface area contributed by atoms with Gasteiger partial charge in [0.15, 0.2) is 0 Å². The molecule has 0 radical (unpaired) electrons. The molecule has 2 aromatic rings. The molecule has 1 heterocycles. The van der Waals surface area contributed by atoms with Crippen LogP contribution < -0.4 is 10.6 Å². The molecule has 0 saturated heterocycles. The van der Waals surface area contributed by atoms with Crippen molar-refractivity contribution >= 4 is 23.0 Å². The van der Waals surface area contributed by atoms with Gasteiger partial charge in [0.2, 0.25) is 0 Å². The summed E-state index contributed by atoms with van der Waals surface area (Å²) < 4.78 is 0. The third kappa shape index (κ3) is 3.79. The topological polar surface area (TPSA) is 59.2 Å². The van der Waals surface area contributed by atoms with Crippen molar-refractivity contribution in [2.45, 2.75) is 52.0 Å². The third-order valence-electron chi connectivity index (χ3n) is 4.87. The number of benzene rings is 1. The minimum Gasteiger partial charge on any atom is -0.398 e. The highest BCUT2D eigenvalue weighted by atomic mass is 16.2. The Morgan fingerprint density at radius 2 is 1.96 bits per heavy atom. The largest absolute Gasteiger partial charge is 0.398 e. The normalized spacial score (nSPS) is 13.5. The van der Waals surface area contributed by atoms with E-state index in [4.69, 9.17) is 5.73 Å². The molecule has 1 aromatic heterocycles. The predicted molar refractivity (Wildman–Crippen MR) is 108 cm³/mol. The van der Waals surface area contributed by atoms with Gasteiger partial charge in [-0.1, -0.05) is 49.8 Å². The molecular weight excluding hydrogens is 322 g/mol. The quantitative estimate of drug-likeness (QED) is 0.748. The highest BCUT2D eigenvalue weighted by Gasteiger charge is 2.37. The highest BCUT2D eigenvalue weighted by molar-refractivity contribution is 6.26. The number of nitrogen functional groups attached to an aromatic ring is 1. The van der Waals surface area contributed by atoms with E-state index in [0.717, 1.165) is 48.8 Å². The van der Waals surface area contributed by atoms with Crippen LogP contribution in [0.25, 0.3) is 5.57 Å². The second-order valence-electron chi connectivity index (χ2n) is 7.06. The summed E-state index contributed by atoms with van der Waals surface area (Å²) in [6, 6.07) is 9.91. The number of aryl methyl sites for hydroxylation is 1. The summed E-state index contributed by atoms with van der Waals surface area (Å²) in [5.74, 6) is 0.631. The fourth-order valence-corrected chi connectivity index (χ4v) is 3.10. The summed E-state index contributed by atoms with van der Waals surface area (Å²) in [5.41, 5.74) is 10.4. The van der Waals surface area contributed by atoms with Gasteiger partial charge in [0, 0.05) is 29.1 Å². The van der Waals surface area contributed by atoms with Gasteiger partial charge in [0.05, 0.1) is 0 Å². The lowest BCUT2D eigenvalue weighted by molar-refractivity contribution is -0.113. The summed E-state index contributed by atoms with van der Waals surface area (Å²) in [7, 11) is 0. The summed E-state index contributed by atoms with van der Waals surface area (Å²) in [6.07, 6.45) is 6.61. The van der Waals surface area contributed by atoms with Crippen molar-refractivity contribution in [3.05, 3.63) is 59.8 Å². The van der Waals surface area contributed by atoms with E-state index < -0.39 is 0 Å². The van der Waals surface area contributed by atoms with Crippen LogP contribution in [0.3, 0.4) is 0 Å². The van der Waals surface area contributed by atoms with Gasteiger partial charge in [0.1, 0.15) is 5.82 Å². The van der Waals surface area contributed by atoms with Crippen LogP contribution in [0.2, 0.25) is 0 Å². The van der Waals surface area contributed by atoms with Crippen molar-refractivity contribution in [1.29, 1.82) is 0 Å². The Hall–Kier alpha value is -2.62. The van der Waals surface area contributed by atoms with Crippen LogP contribution in [0, 0.1) is 6.92 Å². The lowest BCUT2D eigenvalue weighted by Crippen LogP contribution is -2.35. The van der Waals surface area contributed by atoms with Crippen LogP contribution in [0.4, 0.5) is 11.5 Å². The van der Waals surface area contributed by atoms with Crippen LogP contribution in [-0.2, 0) is 11.2 Å². The zero-order valence-corrected chi connectivity index (χ0v) is 15.7. The number of nitrogens with zero attached hydrogens (tertiary/aromatic N) is 2. The number of amides is 1. The average molecular weight is 349 g/mol. The Bertz CT molecular complexity index is 807. The molecule has 0 unspecified atom stereocenters. The first-order valence-electron chi connectivity index (χ1n) is 9.35. The van der Waals surface area contributed by atoms with Crippen molar-refractivity contribution in [1.82, 2.24) is 4.98 Å². The zero-order chi connectivity index (χ0) is 18.7. The van der Waals surface area contributed by atoms with Crippen LogP contribution in [0.15, 0.2) is 43.1 Å². The van der Waals surface area contributed by atoms with Gasteiger partial charge in [0.25, 0.3) is 5.91 Å². The number of pyridine rings is 1. The highest BCUT2D eigenvalue weighted by Crippen LogP contribution is 2.36. The van der Waals surface area contributed by atoms with Gasteiger partial charge >= 0.3 is 0 Å². The second kappa shape index (κ2) is 7.73. The molecule has 2 N–H and O–H groups in total. The minimum absolute atomic E-state index is 0.0767. The number of aromatic nitrogens is 1. The molecule has 3 rings (SSSR count). The number of nitrogens with two attached hydrogens (primary N) is 1. The van der Waals surface area contributed by atoms with Crippen molar-refractivity contribution in [3.63, 3.8) is 0 Å². The molecule has 0 aliphatic heterocycles. The average Bonchev–Trinajstić information content (AvgIpc) is 3.46. The van der Waals surface area contributed by atoms with Gasteiger partial charge in [-0.25, -0.2) is 4.98 Å². The molecule has 4 nitrogen and oxygen atoms in total. The van der Waals surface area contributed by atoms with Gasteiger partial charge in [-0.3, -0.25) is 9.69 Å². The summed E-state index contributed by atoms with van der Waals surface area (Å²) in [5, 5.41) is 0. The fourth-order valence-electron chi connectivity index (χ4n) is 3.10.